The summed E-state index contributed by atoms with van der Waals surface area (Å²) in [5.74, 6) is 1.63. The minimum atomic E-state index is -0.250. The molecule has 0 unspecified atom stereocenters. The summed E-state index contributed by atoms with van der Waals surface area (Å²) in [5, 5.41) is 5.61. The van der Waals surface area contributed by atoms with Gasteiger partial charge in [0, 0.05) is 5.69 Å². The third-order valence-electron chi connectivity index (χ3n) is 5.06. The maximum atomic E-state index is 12.0. The van der Waals surface area contributed by atoms with Crippen LogP contribution in [0.2, 0.25) is 0 Å². The van der Waals surface area contributed by atoms with E-state index in [9.17, 15) is 4.79 Å². The summed E-state index contributed by atoms with van der Waals surface area (Å²) < 4.78 is 11.4. The highest BCUT2D eigenvalue weighted by Gasteiger charge is 2.02. The van der Waals surface area contributed by atoms with Crippen molar-refractivity contribution in [3.8, 4) is 11.5 Å². The van der Waals surface area contributed by atoms with Gasteiger partial charge in [-0.15, -0.1) is 0 Å². The van der Waals surface area contributed by atoms with E-state index in [1.807, 2.05) is 55.5 Å². The second-order valence-electron chi connectivity index (χ2n) is 7.89. The van der Waals surface area contributed by atoms with Crippen LogP contribution >= 0.6 is 0 Å². The van der Waals surface area contributed by atoms with Crippen molar-refractivity contribution in [2.24, 2.45) is 0 Å². The quantitative estimate of drug-likeness (QED) is 0.311. The number of carbonyl (C=O) groups excluding carboxylic acids is 1. The predicted octanol–water partition coefficient (Wildman–Crippen LogP) is 6.72. The summed E-state index contributed by atoms with van der Waals surface area (Å²) in [5.41, 5.74) is 1.92. The smallest absolute Gasteiger partial charge is 0.319 e. The molecule has 2 amide bonds. The average Bonchev–Trinajstić information content (AvgIpc) is 2.78. The molecule has 0 radical (unpaired) electrons. The molecule has 0 spiro atoms. The number of unbranched alkanes of at least 4 members (excludes halogenated alkanes) is 7. The first-order valence-corrected chi connectivity index (χ1v) is 11.6. The molecule has 0 aliphatic rings. The molecular formula is C26H38N2O3. The van der Waals surface area contributed by atoms with E-state index in [0.29, 0.717) is 13.2 Å². The van der Waals surface area contributed by atoms with Crippen LogP contribution in [0, 0.1) is 6.92 Å². The van der Waals surface area contributed by atoms with Gasteiger partial charge in [-0.05, 0) is 49.7 Å². The van der Waals surface area contributed by atoms with Gasteiger partial charge in [-0.2, -0.15) is 0 Å². The molecule has 0 saturated carbocycles. The molecule has 0 aromatic heterocycles. The molecule has 2 N–H and O–H groups in total. The zero-order valence-electron chi connectivity index (χ0n) is 19.1. The van der Waals surface area contributed by atoms with Crippen molar-refractivity contribution >= 4 is 11.7 Å². The molecule has 2 aromatic rings. The second kappa shape index (κ2) is 15.2. The van der Waals surface area contributed by atoms with Gasteiger partial charge in [0.15, 0.2) is 0 Å². The third kappa shape index (κ3) is 11.3. The van der Waals surface area contributed by atoms with E-state index in [-0.39, 0.29) is 6.03 Å². The van der Waals surface area contributed by atoms with Crippen LogP contribution in [-0.4, -0.2) is 25.8 Å². The highest BCUT2D eigenvalue weighted by atomic mass is 16.5. The molecule has 0 saturated heterocycles. The fourth-order valence-corrected chi connectivity index (χ4v) is 3.20. The lowest BCUT2D eigenvalue weighted by Crippen LogP contribution is -2.32. The molecule has 0 atom stereocenters. The van der Waals surface area contributed by atoms with Gasteiger partial charge in [0.2, 0.25) is 0 Å². The third-order valence-corrected chi connectivity index (χ3v) is 5.06. The Kier molecular flexibility index (Phi) is 12.0. The summed E-state index contributed by atoms with van der Waals surface area (Å²) in [6.45, 7) is 5.87. The first kappa shape index (κ1) is 24.6. The Bertz CT molecular complexity index is 729. The minimum Gasteiger partial charge on any atom is -0.494 e. The molecule has 0 aliphatic carbocycles. The van der Waals surface area contributed by atoms with Crippen molar-refractivity contribution in [3.05, 3.63) is 54.1 Å². The van der Waals surface area contributed by atoms with E-state index in [2.05, 4.69) is 17.6 Å². The summed E-state index contributed by atoms with van der Waals surface area (Å²) in [4.78, 5) is 12.0. The van der Waals surface area contributed by atoms with E-state index in [4.69, 9.17) is 9.47 Å². The topological polar surface area (TPSA) is 59.6 Å². The Morgan fingerprint density at radius 3 is 1.94 bits per heavy atom. The molecule has 2 aromatic carbocycles. The number of anilines is 1. The first-order chi connectivity index (χ1) is 15.2. The van der Waals surface area contributed by atoms with Crippen LogP contribution in [0.5, 0.6) is 11.5 Å². The molecule has 5 nitrogen and oxygen atoms in total. The summed E-state index contributed by atoms with van der Waals surface area (Å²) >= 11 is 0. The summed E-state index contributed by atoms with van der Waals surface area (Å²) in [7, 11) is 0. The van der Waals surface area contributed by atoms with Crippen LogP contribution in [-0.2, 0) is 0 Å². The second-order valence-corrected chi connectivity index (χ2v) is 7.89. The minimum absolute atomic E-state index is 0.250. The van der Waals surface area contributed by atoms with E-state index in [0.717, 1.165) is 30.2 Å². The van der Waals surface area contributed by atoms with Gasteiger partial charge < -0.3 is 20.1 Å². The van der Waals surface area contributed by atoms with E-state index in [1.54, 1.807) is 0 Å². The average molecular weight is 427 g/mol. The Balaban J connectivity index is 1.52. The molecule has 170 valence electrons. The zero-order chi connectivity index (χ0) is 22.2. The number of aryl methyl sites for hydroxylation is 1. The standard InChI is InChI=1S/C26H38N2O3/c1-3-4-5-6-7-8-9-10-20-30-25-17-13-23(14-18-25)28-26(29)27-19-21-31-24-15-11-22(2)12-16-24/h11-18H,3-10,19-21H2,1-2H3,(H2,27,28,29). The number of rotatable bonds is 15. The van der Waals surface area contributed by atoms with Gasteiger partial charge in [0.05, 0.1) is 13.2 Å². The largest absolute Gasteiger partial charge is 0.494 e. The van der Waals surface area contributed by atoms with Gasteiger partial charge in [-0.25, -0.2) is 4.79 Å². The fraction of sp³-hybridized carbons (Fsp3) is 0.500. The van der Waals surface area contributed by atoms with E-state index < -0.39 is 0 Å². The Hall–Kier alpha value is -2.69. The summed E-state index contributed by atoms with van der Waals surface area (Å²) in [6, 6.07) is 15.1. The number of hydrogen-bond acceptors (Lipinski definition) is 3. The van der Waals surface area contributed by atoms with E-state index >= 15 is 0 Å². The number of nitrogens with one attached hydrogen (secondary N) is 2. The predicted molar refractivity (Wildman–Crippen MR) is 128 cm³/mol. The van der Waals surface area contributed by atoms with Crippen LogP contribution in [0.25, 0.3) is 0 Å². The number of ether oxygens (including phenoxy) is 2. The Labute approximate surface area is 187 Å². The van der Waals surface area contributed by atoms with Gasteiger partial charge in [0.25, 0.3) is 0 Å². The monoisotopic (exact) mass is 426 g/mol. The molecular weight excluding hydrogens is 388 g/mol. The lowest BCUT2D eigenvalue weighted by Gasteiger charge is -2.10. The Morgan fingerprint density at radius 2 is 1.29 bits per heavy atom. The van der Waals surface area contributed by atoms with Crippen molar-refractivity contribution in [3.63, 3.8) is 0 Å². The number of carbonyl (C=O) groups is 1. The molecule has 0 bridgehead atoms. The van der Waals surface area contributed by atoms with Crippen molar-refractivity contribution < 1.29 is 14.3 Å². The van der Waals surface area contributed by atoms with Crippen LogP contribution in [0.1, 0.15) is 63.9 Å². The van der Waals surface area contributed by atoms with Crippen LogP contribution < -0.4 is 20.1 Å². The first-order valence-electron chi connectivity index (χ1n) is 11.6. The normalized spacial score (nSPS) is 10.5. The van der Waals surface area contributed by atoms with Crippen molar-refractivity contribution in [2.75, 3.05) is 25.1 Å². The van der Waals surface area contributed by atoms with Crippen molar-refractivity contribution in [1.82, 2.24) is 5.32 Å². The molecule has 31 heavy (non-hydrogen) atoms. The maximum absolute atomic E-state index is 12.0. The van der Waals surface area contributed by atoms with Gasteiger partial charge in [-0.3, -0.25) is 0 Å². The number of amides is 2. The van der Waals surface area contributed by atoms with Gasteiger partial charge in [-0.1, -0.05) is 69.6 Å². The molecule has 5 heteroatoms. The number of benzene rings is 2. The lowest BCUT2D eigenvalue weighted by molar-refractivity contribution is 0.247. The molecule has 2 rings (SSSR count). The van der Waals surface area contributed by atoms with Crippen LogP contribution in [0.15, 0.2) is 48.5 Å². The molecule has 0 aliphatic heterocycles. The highest BCUT2D eigenvalue weighted by molar-refractivity contribution is 5.89. The van der Waals surface area contributed by atoms with E-state index in [1.165, 1.54) is 50.5 Å². The van der Waals surface area contributed by atoms with Crippen molar-refractivity contribution in [1.29, 1.82) is 0 Å². The molecule has 0 heterocycles. The van der Waals surface area contributed by atoms with Crippen LogP contribution in [0.3, 0.4) is 0 Å². The highest BCUT2D eigenvalue weighted by Crippen LogP contribution is 2.16. The van der Waals surface area contributed by atoms with Crippen LogP contribution in [0.4, 0.5) is 10.5 Å². The fourth-order valence-electron chi connectivity index (χ4n) is 3.20. The molecule has 0 fully saturated rings. The van der Waals surface area contributed by atoms with Crippen molar-refractivity contribution in [2.45, 2.75) is 65.2 Å². The number of hydrogen-bond donors (Lipinski definition) is 2. The summed E-state index contributed by atoms with van der Waals surface area (Å²) in [6.07, 6.45) is 10.3. The maximum Gasteiger partial charge on any atom is 0.319 e. The van der Waals surface area contributed by atoms with Gasteiger partial charge >= 0.3 is 6.03 Å². The van der Waals surface area contributed by atoms with Gasteiger partial charge in [0.1, 0.15) is 18.1 Å². The zero-order valence-corrected chi connectivity index (χ0v) is 19.1. The SMILES string of the molecule is CCCCCCCCCCOc1ccc(NC(=O)NCCOc2ccc(C)cc2)cc1. The number of urea groups is 1. The lowest BCUT2D eigenvalue weighted by atomic mass is 10.1. The Morgan fingerprint density at radius 1 is 0.742 bits per heavy atom.